The van der Waals surface area contributed by atoms with E-state index in [1.807, 2.05) is 20.8 Å². The van der Waals surface area contributed by atoms with Gasteiger partial charge >= 0.3 is 0 Å². The largest absolute Gasteiger partial charge is 0.459 e. The normalized spacial score (nSPS) is 10.9. The van der Waals surface area contributed by atoms with Gasteiger partial charge in [-0.05, 0) is 56.7 Å². The number of rotatable bonds is 8. The van der Waals surface area contributed by atoms with E-state index in [9.17, 15) is 14.4 Å². The standard InChI is InChI=1S/C20H25N3O4/c1-4-20(2,3)23-18(25)14-7-9-15(10-8-14)22-17(24)11-12-21-19(26)16-6-5-13-27-16/h5-10,13H,4,11-12H2,1-3H3,(H,21,26)(H,22,24)(H,23,25). The van der Waals surface area contributed by atoms with Crippen LogP contribution in [0.15, 0.2) is 47.1 Å². The van der Waals surface area contributed by atoms with Crippen LogP contribution in [0, 0.1) is 0 Å². The highest BCUT2D eigenvalue weighted by Crippen LogP contribution is 2.13. The molecule has 27 heavy (non-hydrogen) atoms. The molecule has 0 radical (unpaired) electrons. The van der Waals surface area contributed by atoms with E-state index in [0.29, 0.717) is 11.3 Å². The van der Waals surface area contributed by atoms with Gasteiger partial charge in [-0.25, -0.2) is 0 Å². The van der Waals surface area contributed by atoms with E-state index < -0.39 is 0 Å². The van der Waals surface area contributed by atoms with Gasteiger partial charge in [0.15, 0.2) is 5.76 Å². The predicted molar refractivity (Wildman–Crippen MR) is 103 cm³/mol. The maximum absolute atomic E-state index is 12.2. The number of hydrogen-bond donors (Lipinski definition) is 3. The van der Waals surface area contributed by atoms with Crippen molar-refractivity contribution in [3.8, 4) is 0 Å². The smallest absolute Gasteiger partial charge is 0.286 e. The molecule has 0 saturated heterocycles. The van der Waals surface area contributed by atoms with Crippen molar-refractivity contribution in [1.82, 2.24) is 10.6 Å². The Balaban J connectivity index is 1.79. The fourth-order valence-corrected chi connectivity index (χ4v) is 2.18. The molecule has 0 bridgehead atoms. The molecule has 2 rings (SSSR count). The van der Waals surface area contributed by atoms with Crippen molar-refractivity contribution in [3.05, 3.63) is 54.0 Å². The van der Waals surface area contributed by atoms with Crippen LogP contribution in [0.1, 0.15) is 54.5 Å². The second-order valence-electron chi connectivity index (χ2n) is 6.80. The molecule has 0 aliphatic carbocycles. The first-order valence-electron chi connectivity index (χ1n) is 8.85. The van der Waals surface area contributed by atoms with E-state index in [1.54, 1.807) is 36.4 Å². The van der Waals surface area contributed by atoms with Crippen LogP contribution in [0.2, 0.25) is 0 Å². The Kier molecular flexibility index (Phi) is 6.76. The third kappa shape index (κ3) is 6.29. The lowest BCUT2D eigenvalue weighted by Gasteiger charge is -2.24. The van der Waals surface area contributed by atoms with Gasteiger partial charge < -0.3 is 20.4 Å². The zero-order chi connectivity index (χ0) is 19.9. The summed E-state index contributed by atoms with van der Waals surface area (Å²) in [5.41, 5.74) is 0.841. The van der Waals surface area contributed by atoms with E-state index in [-0.39, 0.29) is 42.0 Å². The predicted octanol–water partition coefficient (Wildman–Crippen LogP) is 2.96. The monoisotopic (exact) mass is 371 g/mol. The minimum Gasteiger partial charge on any atom is -0.459 e. The summed E-state index contributed by atoms with van der Waals surface area (Å²) in [6.07, 6.45) is 2.36. The molecule has 0 atom stereocenters. The van der Waals surface area contributed by atoms with Gasteiger partial charge in [-0.1, -0.05) is 6.92 Å². The molecule has 3 N–H and O–H groups in total. The first-order chi connectivity index (χ1) is 12.8. The maximum Gasteiger partial charge on any atom is 0.286 e. The fraction of sp³-hybridized carbons (Fsp3) is 0.350. The number of amides is 3. The van der Waals surface area contributed by atoms with Crippen molar-refractivity contribution in [2.75, 3.05) is 11.9 Å². The second-order valence-corrected chi connectivity index (χ2v) is 6.80. The molecular weight excluding hydrogens is 346 g/mol. The van der Waals surface area contributed by atoms with Gasteiger partial charge in [0.05, 0.1) is 6.26 Å². The molecule has 0 saturated carbocycles. The Morgan fingerprint density at radius 2 is 1.74 bits per heavy atom. The zero-order valence-corrected chi connectivity index (χ0v) is 15.8. The lowest BCUT2D eigenvalue weighted by Crippen LogP contribution is -2.42. The number of carbonyl (C=O) groups excluding carboxylic acids is 3. The van der Waals surface area contributed by atoms with Gasteiger partial charge in [-0.2, -0.15) is 0 Å². The van der Waals surface area contributed by atoms with Crippen LogP contribution in [0.3, 0.4) is 0 Å². The Morgan fingerprint density at radius 3 is 2.33 bits per heavy atom. The minimum absolute atomic E-state index is 0.124. The summed E-state index contributed by atoms with van der Waals surface area (Å²) in [4.78, 5) is 35.9. The average Bonchev–Trinajstić information content (AvgIpc) is 3.16. The highest BCUT2D eigenvalue weighted by molar-refractivity contribution is 5.96. The van der Waals surface area contributed by atoms with E-state index in [4.69, 9.17) is 4.42 Å². The summed E-state index contributed by atoms with van der Waals surface area (Å²) < 4.78 is 4.97. The molecule has 0 spiro atoms. The summed E-state index contributed by atoms with van der Waals surface area (Å²) in [5, 5.41) is 8.30. The van der Waals surface area contributed by atoms with Gasteiger partial charge in [0.2, 0.25) is 5.91 Å². The molecule has 0 unspecified atom stereocenters. The lowest BCUT2D eigenvalue weighted by atomic mass is 10.0. The molecule has 7 nitrogen and oxygen atoms in total. The van der Waals surface area contributed by atoms with Gasteiger partial charge in [-0.15, -0.1) is 0 Å². The van der Waals surface area contributed by atoms with Gasteiger partial charge in [-0.3, -0.25) is 14.4 Å². The first kappa shape index (κ1) is 20.2. The molecule has 1 aromatic heterocycles. The highest BCUT2D eigenvalue weighted by atomic mass is 16.3. The van der Waals surface area contributed by atoms with Gasteiger partial charge in [0.1, 0.15) is 0 Å². The van der Waals surface area contributed by atoms with Crippen LogP contribution in [0.25, 0.3) is 0 Å². The summed E-state index contributed by atoms with van der Waals surface area (Å²) in [5.74, 6) is -0.548. The van der Waals surface area contributed by atoms with Crippen LogP contribution < -0.4 is 16.0 Å². The number of hydrogen-bond acceptors (Lipinski definition) is 4. The zero-order valence-electron chi connectivity index (χ0n) is 15.8. The molecule has 1 aromatic carbocycles. The van der Waals surface area contributed by atoms with E-state index in [0.717, 1.165) is 6.42 Å². The summed E-state index contributed by atoms with van der Waals surface area (Å²) in [7, 11) is 0. The van der Waals surface area contributed by atoms with Crippen molar-refractivity contribution in [2.45, 2.75) is 39.2 Å². The maximum atomic E-state index is 12.2. The van der Waals surface area contributed by atoms with Crippen LogP contribution >= 0.6 is 0 Å². The number of anilines is 1. The van der Waals surface area contributed by atoms with Crippen LogP contribution in [0.4, 0.5) is 5.69 Å². The Bertz CT molecular complexity index is 780. The number of carbonyl (C=O) groups is 3. The Labute approximate surface area is 158 Å². The van der Waals surface area contributed by atoms with E-state index >= 15 is 0 Å². The summed E-state index contributed by atoms with van der Waals surface area (Å²) in [6.45, 7) is 6.13. The van der Waals surface area contributed by atoms with Crippen molar-refractivity contribution in [1.29, 1.82) is 0 Å². The van der Waals surface area contributed by atoms with Gasteiger partial charge in [0, 0.05) is 29.8 Å². The average molecular weight is 371 g/mol. The second kappa shape index (κ2) is 9.02. The number of benzene rings is 1. The SMILES string of the molecule is CCC(C)(C)NC(=O)c1ccc(NC(=O)CCNC(=O)c2ccco2)cc1. The Hall–Kier alpha value is -3.09. The van der Waals surface area contributed by atoms with Crippen LogP contribution in [0.5, 0.6) is 0 Å². The third-order valence-electron chi connectivity index (χ3n) is 4.15. The van der Waals surface area contributed by atoms with E-state index in [2.05, 4.69) is 16.0 Å². The molecule has 0 aliphatic heterocycles. The highest BCUT2D eigenvalue weighted by Gasteiger charge is 2.18. The van der Waals surface area contributed by atoms with Gasteiger partial charge in [0.25, 0.3) is 11.8 Å². The lowest BCUT2D eigenvalue weighted by molar-refractivity contribution is -0.116. The first-order valence-corrected chi connectivity index (χ1v) is 8.85. The number of nitrogens with one attached hydrogen (secondary N) is 3. The molecule has 0 aliphatic rings. The Morgan fingerprint density at radius 1 is 1.04 bits per heavy atom. The molecule has 3 amide bonds. The third-order valence-corrected chi connectivity index (χ3v) is 4.15. The molecule has 1 heterocycles. The van der Waals surface area contributed by atoms with Crippen molar-refractivity contribution in [2.24, 2.45) is 0 Å². The van der Waals surface area contributed by atoms with E-state index in [1.165, 1.54) is 6.26 Å². The molecule has 2 aromatic rings. The quantitative estimate of drug-likeness (QED) is 0.664. The molecular formula is C20H25N3O4. The topological polar surface area (TPSA) is 100 Å². The van der Waals surface area contributed by atoms with Crippen LogP contribution in [-0.2, 0) is 4.79 Å². The fourth-order valence-electron chi connectivity index (χ4n) is 2.18. The van der Waals surface area contributed by atoms with Crippen molar-refractivity contribution in [3.63, 3.8) is 0 Å². The van der Waals surface area contributed by atoms with Crippen molar-refractivity contribution < 1.29 is 18.8 Å². The molecule has 144 valence electrons. The molecule has 0 fully saturated rings. The van der Waals surface area contributed by atoms with Crippen LogP contribution in [-0.4, -0.2) is 29.8 Å². The number of furan rings is 1. The van der Waals surface area contributed by atoms with Crippen molar-refractivity contribution >= 4 is 23.4 Å². The minimum atomic E-state index is -0.363. The summed E-state index contributed by atoms with van der Waals surface area (Å²) >= 11 is 0. The summed E-state index contributed by atoms with van der Waals surface area (Å²) in [6, 6.07) is 9.84. The molecule has 7 heteroatoms.